The van der Waals surface area contributed by atoms with Crippen molar-refractivity contribution in [1.29, 1.82) is 0 Å². The normalized spacial score (nSPS) is 11.3. The number of nitrogens with one attached hydrogen (secondary N) is 1. The number of fused-ring (bicyclic) bond motifs is 2. The number of nitrogens with zero attached hydrogens (tertiary/aromatic N) is 1. The minimum atomic E-state index is -0.529. The summed E-state index contributed by atoms with van der Waals surface area (Å²) in [7, 11) is 0. The Bertz CT molecular complexity index is 1240. The highest BCUT2D eigenvalue weighted by molar-refractivity contribution is 7.19. The Morgan fingerprint density at radius 2 is 2.08 bits per heavy atom. The Morgan fingerprint density at radius 3 is 2.88 bits per heavy atom. The fraction of sp³-hybridized carbons (Fsp3) is 0.211. The average molecular weight is 368 g/mol. The van der Waals surface area contributed by atoms with Crippen molar-refractivity contribution in [2.75, 3.05) is 0 Å². The largest absolute Gasteiger partial charge is 0.459 e. The molecule has 3 aromatic heterocycles. The van der Waals surface area contributed by atoms with Gasteiger partial charge in [-0.15, -0.1) is 11.3 Å². The van der Waals surface area contributed by atoms with Crippen LogP contribution < -0.4 is 15.9 Å². The lowest BCUT2D eigenvalue weighted by Gasteiger charge is -2.05. The van der Waals surface area contributed by atoms with Crippen molar-refractivity contribution in [3.63, 3.8) is 0 Å². The van der Waals surface area contributed by atoms with E-state index in [9.17, 15) is 9.59 Å². The molecule has 1 N–H and O–H groups in total. The molecule has 1 aromatic carbocycles. The Morgan fingerprint density at radius 1 is 1.23 bits per heavy atom. The fourth-order valence-electron chi connectivity index (χ4n) is 2.90. The number of H-pyrrole nitrogens is 1. The molecular formula is C19H16N2O4S. The van der Waals surface area contributed by atoms with Crippen molar-refractivity contribution in [2.45, 2.75) is 26.9 Å². The third-order valence-electron chi connectivity index (χ3n) is 4.13. The number of hydrogen-bond acceptors (Lipinski definition) is 6. The van der Waals surface area contributed by atoms with E-state index in [4.69, 9.17) is 9.15 Å². The molecule has 132 valence electrons. The number of rotatable bonds is 4. The molecule has 3 heterocycles. The fourth-order valence-corrected chi connectivity index (χ4v) is 3.86. The minimum Gasteiger partial charge on any atom is -0.459 e. The van der Waals surface area contributed by atoms with Gasteiger partial charge in [-0.2, -0.15) is 4.98 Å². The molecule has 0 fully saturated rings. The van der Waals surface area contributed by atoms with Crippen LogP contribution in [0.5, 0.6) is 6.01 Å². The van der Waals surface area contributed by atoms with E-state index in [0.717, 1.165) is 10.3 Å². The number of aromatic nitrogens is 2. The van der Waals surface area contributed by atoms with Gasteiger partial charge in [0.1, 0.15) is 12.0 Å². The van der Waals surface area contributed by atoms with E-state index in [2.05, 4.69) is 41.2 Å². The lowest BCUT2D eigenvalue weighted by atomic mass is 10.1. The van der Waals surface area contributed by atoms with Gasteiger partial charge in [-0.1, -0.05) is 24.6 Å². The molecule has 7 heteroatoms. The maximum atomic E-state index is 12.3. The summed E-state index contributed by atoms with van der Waals surface area (Å²) in [6.07, 6.45) is 0.536. The summed E-state index contributed by atoms with van der Waals surface area (Å²) >= 11 is 1.62. The SMILES string of the molecule is CCc1cc(=O)oc2nc(OCc3cc4cc(C)ccc4s3)[nH]c(=O)c12. The van der Waals surface area contributed by atoms with Crippen LogP contribution in [0.4, 0.5) is 0 Å². The Hall–Kier alpha value is -2.93. The van der Waals surface area contributed by atoms with Crippen molar-refractivity contribution >= 4 is 32.5 Å². The quantitative estimate of drug-likeness (QED) is 0.595. The molecule has 4 aromatic rings. The highest BCUT2D eigenvalue weighted by Gasteiger charge is 2.13. The standard InChI is InChI=1S/C19H16N2O4S/c1-3-11-8-15(22)25-18-16(11)17(23)20-19(21-18)24-9-13-7-12-6-10(2)4-5-14(12)26-13/h4-8H,3,9H2,1-2H3,(H,20,21,23). The van der Waals surface area contributed by atoms with Gasteiger partial charge in [0.05, 0.1) is 0 Å². The predicted octanol–water partition coefficient (Wildman–Crippen LogP) is 3.54. The van der Waals surface area contributed by atoms with Crippen LogP contribution in [0.2, 0.25) is 0 Å². The van der Waals surface area contributed by atoms with Crippen LogP contribution in [0.15, 0.2) is 44.3 Å². The molecule has 0 aliphatic rings. The number of benzene rings is 1. The highest BCUT2D eigenvalue weighted by atomic mass is 32.1. The maximum Gasteiger partial charge on any atom is 0.337 e. The molecule has 0 atom stereocenters. The van der Waals surface area contributed by atoms with Gasteiger partial charge in [0, 0.05) is 15.6 Å². The van der Waals surface area contributed by atoms with Gasteiger partial charge in [0.2, 0.25) is 5.71 Å². The van der Waals surface area contributed by atoms with Crippen molar-refractivity contribution in [1.82, 2.24) is 9.97 Å². The van der Waals surface area contributed by atoms with Crippen molar-refractivity contribution < 1.29 is 9.15 Å². The number of hydrogen-bond donors (Lipinski definition) is 1. The third kappa shape index (κ3) is 3.01. The Labute approximate surface area is 152 Å². The monoisotopic (exact) mass is 368 g/mol. The van der Waals surface area contributed by atoms with Crippen LogP contribution in [0, 0.1) is 6.92 Å². The Balaban J connectivity index is 1.66. The first-order chi connectivity index (χ1) is 12.5. The average Bonchev–Trinajstić information content (AvgIpc) is 3.00. The molecule has 4 rings (SSSR count). The first-order valence-corrected chi connectivity index (χ1v) is 9.04. The van der Waals surface area contributed by atoms with Gasteiger partial charge in [-0.25, -0.2) is 4.79 Å². The van der Waals surface area contributed by atoms with Gasteiger partial charge in [-0.3, -0.25) is 9.78 Å². The molecule has 0 amide bonds. The van der Waals surface area contributed by atoms with E-state index < -0.39 is 5.63 Å². The van der Waals surface area contributed by atoms with E-state index in [1.807, 2.05) is 6.92 Å². The molecule has 0 saturated carbocycles. The summed E-state index contributed by atoms with van der Waals surface area (Å²) in [5, 5.41) is 1.45. The highest BCUT2D eigenvalue weighted by Crippen LogP contribution is 2.27. The molecular weight excluding hydrogens is 352 g/mol. The van der Waals surface area contributed by atoms with Crippen LogP contribution in [0.25, 0.3) is 21.2 Å². The summed E-state index contributed by atoms with van der Waals surface area (Å²) in [4.78, 5) is 31.8. The first-order valence-electron chi connectivity index (χ1n) is 8.22. The van der Waals surface area contributed by atoms with Gasteiger partial charge in [0.15, 0.2) is 0 Å². The third-order valence-corrected chi connectivity index (χ3v) is 5.22. The summed E-state index contributed by atoms with van der Waals surface area (Å²) in [5.41, 5.74) is 0.900. The van der Waals surface area contributed by atoms with E-state index in [1.54, 1.807) is 11.3 Å². The number of aromatic amines is 1. The summed E-state index contributed by atoms with van der Waals surface area (Å²) in [5.74, 6) is 0. The zero-order valence-electron chi connectivity index (χ0n) is 14.3. The number of thiophene rings is 1. The zero-order chi connectivity index (χ0) is 18.3. The lowest BCUT2D eigenvalue weighted by molar-refractivity contribution is 0.283. The molecule has 0 aliphatic carbocycles. The van der Waals surface area contributed by atoms with Crippen LogP contribution in [0.3, 0.4) is 0 Å². The molecule has 0 unspecified atom stereocenters. The lowest BCUT2D eigenvalue weighted by Crippen LogP contribution is -2.15. The summed E-state index contributed by atoms with van der Waals surface area (Å²) < 4.78 is 11.9. The van der Waals surface area contributed by atoms with Crippen LogP contribution >= 0.6 is 11.3 Å². The van der Waals surface area contributed by atoms with Gasteiger partial charge in [-0.05, 0) is 36.4 Å². The zero-order valence-corrected chi connectivity index (χ0v) is 15.1. The van der Waals surface area contributed by atoms with Crippen LogP contribution in [0.1, 0.15) is 22.9 Å². The van der Waals surface area contributed by atoms with Gasteiger partial charge >= 0.3 is 5.63 Å². The summed E-state index contributed by atoms with van der Waals surface area (Å²) in [6.45, 7) is 4.18. The van der Waals surface area contributed by atoms with E-state index in [1.165, 1.54) is 16.3 Å². The smallest absolute Gasteiger partial charge is 0.337 e. The second kappa shape index (κ2) is 6.42. The molecule has 0 radical (unpaired) electrons. The van der Waals surface area contributed by atoms with E-state index in [0.29, 0.717) is 12.0 Å². The van der Waals surface area contributed by atoms with E-state index in [-0.39, 0.29) is 29.3 Å². The van der Waals surface area contributed by atoms with Crippen LogP contribution in [-0.4, -0.2) is 9.97 Å². The van der Waals surface area contributed by atoms with Crippen molar-refractivity contribution in [3.05, 3.63) is 67.1 Å². The second-order valence-corrected chi connectivity index (χ2v) is 7.21. The second-order valence-electron chi connectivity index (χ2n) is 6.04. The Kier molecular flexibility index (Phi) is 4.08. The van der Waals surface area contributed by atoms with Crippen LogP contribution in [-0.2, 0) is 13.0 Å². The topological polar surface area (TPSA) is 85.2 Å². The number of aryl methyl sites for hydroxylation is 2. The number of ether oxygens (including phenoxy) is 1. The van der Waals surface area contributed by atoms with Gasteiger partial charge < -0.3 is 9.15 Å². The maximum absolute atomic E-state index is 12.3. The van der Waals surface area contributed by atoms with E-state index >= 15 is 0 Å². The molecule has 0 aliphatic heterocycles. The molecule has 0 saturated heterocycles. The van der Waals surface area contributed by atoms with Crippen molar-refractivity contribution in [2.24, 2.45) is 0 Å². The first kappa shape index (κ1) is 16.5. The molecule has 0 bridgehead atoms. The minimum absolute atomic E-state index is 0.0000606. The molecule has 0 spiro atoms. The van der Waals surface area contributed by atoms with Gasteiger partial charge in [0.25, 0.3) is 11.6 Å². The summed E-state index contributed by atoms with van der Waals surface area (Å²) in [6, 6.07) is 9.68. The molecule has 26 heavy (non-hydrogen) atoms. The predicted molar refractivity (Wildman–Crippen MR) is 101 cm³/mol. The molecule has 6 nitrogen and oxygen atoms in total. The van der Waals surface area contributed by atoms with Crippen molar-refractivity contribution in [3.8, 4) is 6.01 Å².